The first kappa shape index (κ1) is 33.7. The maximum absolute atomic E-state index is 12.7. The summed E-state index contributed by atoms with van der Waals surface area (Å²) in [4.78, 5) is 48.7. The first-order valence-electron chi connectivity index (χ1n) is 15.3. The van der Waals surface area contributed by atoms with Crippen LogP contribution < -0.4 is 14.2 Å². The van der Waals surface area contributed by atoms with Gasteiger partial charge < -0.3 is 23.7 Å². The van der Waals surface area contributed by atoms with Crippen LogP contribution in [0, 0.1) is 0 Å². The first-order chi connectivity index (χ1) is 22.2. The average Bonchev–Trinajstić information content (AvgIpc) is 3.06. The van der Waals surface area contributed by atoms with Gasteiger partial charge in [-0.25, -0.2) is 14.4 Å². The van der Waals surface area contributed by atoms with Crippen LogP contribution in [0.4, 0.5) is 0 Å². The lowest BCUT2D eigenvalue weighted by molar-refractivity contribution is -0.150. The van der Waals surface area contributed by atoms with Crippen LogP contribution in [0.25, 0.3) is 11.1 Å². The summed E-state index contributed by atoms with van der Waals surface area (Å²) in [6, 6.07) is 20.4. The maximum atomic E-state index is 12.7. The maximum Gasteiger partial charge on any atom is 0.343 e. The van der Waals surface area contributed by atoms with E-state index in [1.165, 1.54) is 0 Å². The van der Waals surface area contributed by atoms with Gasteiger partial charge in [-0.15, -0.1) is 0 Å². The van der Waals surface area contributed by atoms with Crippen LogP contribution in [0.2, 0.25) is 0 Å². The minimum absolute atomic E-state index is 0.0346. The van der Waals surface area contributed by atoms with Gasteiger partial charge in [0.15, 0.2) is 0 Å². The zero-order valence-corrected chi connectivity index (χ0v) is 26.0. The number of carbonyl (C=O) groups is 4. The Balaban J connectivity index is 1.21. The van der Waals surface area contributed by atoms with E-state index < -0.39 is 23.9 Å². The van der Waals surface area contributed by atoms with Crippen molar-refractivity contribution in [2.24, 2.45) is 0 Å². The fourth-order valence-corrected chi connectivity index (χ4v) is 4.66. The minimum atomic E-state index is -0.683. The zero-order valence-electron chi connectivity index (χ0n) is 26.0. The molecule has 0 heterocycles. The second-order valence-electron chi connectivity index (χ2n) is 11.0. The molecule has 1 fully saturated rings. The van der Waals surface area contributed by atoms with E-state index in [2.05, 4.69) is 13.2 Å². The lowest BCUT2D eigenvalue weighted by atomic mass is 9.98. The van der Waals surface area contributed by atoms with E-state index in [1.54, 1.807) is 79.7 Å². The molecule has 0 amide bonds. The number of esters is 4. The molecule has 0 aliphatic heterocycles. The molecule has 9 heteroatoms. The molecule has 0 atom stereocenters. The largest absolute Gasteiger partial charge is 0.493 e. The molecule has 0 saturated heterocycles. The molecule has 1 saturated carbocycles. The lowest BCUT2D eigenvalue weighted by Crippen LogP contribution is -2.22. The van der Waals surface area contributed by atoms with Crippen molar-refractivity contribution in [2.45, 2.75) is 58.0 Å². The van der Waals surface area contributed by atoms with Gasteiger partial charge in [-0.1, -0.05) is 43.8 Å². The van der Waals surface area contributed by atoms with Crippen LogP contribution in [0.5, 0.6) is 17.2 Å². The fourth-order valence-electron chi connectivity index (χ4n) is 4.66. The van der Waals surface area contributed by atoms with Crippen molar-refractivity contribution >= 4 is 23.9 Å². The molecule has 0 N–H and O–H groups in total. The van der Waals surface area contributed by atoms with Crippen LogP contribution in [0.3, 0.4) is 0 Å². The SMILES string of the molecule is C=C(C)C(=O)OCCCOc1ccc(OC(=O)c2ccc(-c3ccc(OC(=O)C(=C)CC(=O)OC4CCCCC4)cc3)cc2)cc1. The monoisotopic (exact) mass is 626 g/mol. The van der Waals surface area contributed by atoms with Crippen molar-refractivity contribution in [1.82, 2.24) is 0 Å². The zero-order chi connectivity index (χ0) is 32.9. The predicted octanol–water partition coefficient (Wildman–Crippen LogP) is 7.19. The average molecular weight is 627 g/mol. The Labute approximate surface area is 268 Å². The van der Waals surface area contributed by atoms with Gasteiger partial charge in [0, 0.05) is 17.6 Å². The fraction of sp³-hybridized carbons (Fsp3) is 0.297. The summed E-state index contributed by atoms with van der Waals surface area (Å²) in [6.45, 7) is 9.41. The van der Waals surface area contributed by atoms with E-state index in [9.17, 15) is 19.2 Å². The normalized spacial score (nSPS) is 12.8. The predicted molar refractivity (Wildman–Crippen MR) is 172 cm³/mol. The number of rotatable bonds is 14. The Morgan fingerprint density at radius 3 is 1.89 bits per heavy atom. The molecular formula is C37H38O9. The quantitative estimate of drug-likeness (QED) is 0.0794. The molecular weight excluding hydrogens is 588 g/mol. The third kappa shape index (κ3) is 10.5. The van der Waals surface area contributed by atoms with Gasteiger partial charge in [0.2, 0.25) is 0 Å². The molecule has 0 spiro atoms. The van der Waals surface area contributed by atoms with Crippen molar-refractivity contribution < 1.29 is 42.9 Å². The molecule has 1 aliphatic rings. The molecule has 46 heavy (non-hydrogen) atoms. The van der Waals surface area contributed by atoms with Gasteiger partial charge in [0.05, 0.1) is 25.2 Å². The van der Waals surface area contributed by atoms with E-state index in [-0.39, 0.29) is 24.7 Å². The van der Waals surface area contributed by atoms with Crippen molar-refractivity contribution in [3.8, 4) is 28.4 Å². The summed E-state index contributed by atoms with van der Waals surface area (Å²) >= 11 is 0. The summed E-state index contributed by atoms with van der Waals surface area (Å²) in [5, 5.41) is 0. The van der Waals surface area contributed by atoms with E-state index in [0.29, 0.717) is 41.4 Å². The van der Waals surface area contributed by atoms with E-state index in [1.807, 2.05) is 0 Å². The Kier molecular flexibility index (Phi) is 12.3. The smallest absolute Gasteiger partial charge is 0.343 e. The number of carbonyl (C=O) groups excluding carboxylic acids is 4. The summed E-state index contributed by atoms with van der Waals surface area (Å²) < 4.78 is 27.0. The molecule has 3 aromatic rings. The second-order valence-corrected chi connectivity index (χ2v) is 11.0. The summed E-state index contributed by atoms with van der Waals surface area (Å²) in [5.41, 5.74) is 2.45. The summed E-state index contributed by atoms with van der Waals surface area (Å²) in [6.07, 6.45) is 5.19. The first-order valence-corrected chi connectivity index (χ1v) is 15.3. The second kappa shape index (κ2) is 16.8. The van der Waals surface area contributed by atoms with Gasteiger partial charge in [-0.2, -0.15) is 0 Å². The molecule has 9 nitrogen and oxygen atoms in total. The van der Waals surface area contributed by atoms with Crippen LogP contribution in [-0.4, -0.2) is 43.2 Å². The molecule has 0 radical (unpaired) electrons. The van der Waals surface area contributed by atoms with Crippen molar-refractivity contribution in [1.29, 1.82) is 0 Å². The highest BCUT2D eigenvalue weighted by Crippen LogP contribution is 2.25. The minimum Gasteiger partial charge on any atom is -0.493 e. The number of benzene rings is 3. The van der Waals surface area contributed by atoms with Crippen molar-refractivity contribution in [3.63, 3.8) is 0 Å². The lowest BCUT2D eigenvalue weighted by Gasteiger charge is -2.21. The highest BCUT2D eigenvalue weighted by molar-refractivity contribution is 5.94. The molecule has 240 valence electrons. The highest BCUT2D eigenvalue weighted by Gasteiger charge is 2.21. The third-order valence-electron chi connectivity index (χ3n) is 7.19. The van der Waals surface area contributed by atoms with Gasteiger partial charge in [-0.3, -0.25) is 4.79 Å². The molecule has 1 aliphatic carbocycles. The Hall–Kier alpha value is -5.18. The Bertz CT molecular complexity index is 1530. The Morgan fingerprint density at radius 2 is 1.26 bits per heavy atom. The van der Waals surface area contributed by atoms with E-state index in [0.717, 1.165) is 43.2 Å². The van der Waals surface area contributed by atoms with Gasteiger partial charge >= 0.3 is 23.9 Å². The number of hydrogen-bond donors (Lipinski definition) is 0. The topological polar surface area (TPSA) is 114 Å². The molecule has 0 bridgehead atoms. The van der Waals surface area contributed by atoms with E-state index >= 15 is 0 Å². The Morgan fingerprint density at radius 1 is 0.696 bits per heavy atom. The van der Waals surface area contributed by atoms with Crippen LogP contribution in [0.1, 0.15) is 62.2 Å². The standard InChI is InChI=1S/C37H38O9/c1-25(2)35(39)43-23-7-22-42-30-18-20-33(21-19-30)46-37(41)29-12-10-27(11-13-29)28-14-16-32(17-15-28)45-36(40)26(3)24-34(38)44-31-8-5-4-6-9-31/h10-21,31H,1,3-9,22-24H2,2H3. The number of hydrogen-bond acceptors (Lipinski definition) is 9. The van der Waals surface area contributed by atoms with Crippen molar-refractivity contribution in [3.05, 3.63) is 103 Å². The van der Waals surface area contributed by atoms with Crippen LogP contribution in [-0.2, 0) is 23.9 Å². The molecule has 0 unspecified atom stereocenters. The van der Waals surface area contributed by atoms with Crippen LogP contribution >= 0.6 is 0 Å². The molecule has 3 aromatic carbocycles. The van der Waals surface area contributed by atoms with Gasteiger partial charge in [-0.05, 0) is 92.3 Å². The summed E-state index contributed by atoms with van der Waals surface area (Å²) in [5.74, 6) is -0.808. The van der Waals surface area contributed by atoms with Gasteiger partial charge in [0.1, 0.15) is 23.4 Å². The highest BCUT2D eigenvalue weighted by atomic mass is 16.6. The summed E-state index contributed by atoms with van der Waals surface area (Å²) in [7, 11) is 0. The number of ether oxygens (including phenoxy) is 5. The molecule has 0 aromatic heterocycles. The third-order valence-corrected chi connectivity index (χ3v) is 7.19. The van der Waals surface area contributed by atoms with Crippen molar-refractivity contribution in [2.75, 3.05) is 13.2 Å². The van der Waals surface area contributed by atoms with E-state index in [4.69, 9.17) is 23.7 Å². The molecule has 4 rings (SSSR count). The van der Waals surface area contributed by atoms with Gasteiger partial charge in [0.25, 0.3) is 0 Å². The van der Waals surface area contributed by atoms with Crippen LogP contribution in [0.15, 0.2) is 97.1 Å².